The number of carboxylic acids is 1. The van der Waals surface area contributed by atoms with Crippen LogP contribution < -0.4 is 53.6 Å². The molecule has 7 aromatic rings. The normalized spacial score (nSPS) is 22.7. The van der Waals surface area contributed by atoms with Gasteiger partial charge >= 0.3 is 5.97 Å². The molecule has 5 heterocycles. The van der Waals surface area contributed by atoms with Crippen LogP contribution in [-0.2, 0) is 85.0 Å². The second-order valence-corrected chi connectivity index (χ2v) is 25.2. The first kappa shape index (κ1) is 70.0. The number of aromatic nitrogens is 4. The third kappa shape index (κ3) is 18.3. The molecule has 9 atom stereocenters. The molecule has 4 aromatic heterocycles. The molecule has 10 amide bonds. The highest BCUT2D eigenvalue weighted by Gasteiger charge is 2.37. The molecule has 3 aromatic carbocycles. The Morgan fingerprint density at radius 3 is 1.92 bits per heavy atom. The number of nitrogens with zero attached hydrogens (tertiary/aromatic N) is 2. The van der Waals surface area contributed by atoms with Gasteiger partial charge in [-0.3, -0.25) is 52.7 Å². The summed E-state index contributed by atoms with van der Waals surface area (Å²) < 4.78 is 2.77. The van der Waals surface area contributed by atoms with Crippen LogP contribution in [-0.4, -0.2) is 178 Å². The van der Waals surface area contributed by atoms with Crippen molar-refractivity contribution in [3.63, 3.8) is 0 Å². The van der Waals surface area contributed by atoms with Gasteiger partial charge in [-0.25, -0.2) is 4.98 Å². The second-order valence-electron chi connectivity index (χ2n) is 23.3. The zero-order valence-electron chi connectivity index (χ0n) is 51.9. The maximum atomic E-state index is 15.2. The smallest absolute Gasteiger partial charge is 0.305 e. The molecule has 9 rings (SSSR count). The number of benzene rings is 3. The van der Waals surface area contributed by atoms with Crippen molar-refractivity contribution in [3.8, 4) is 5.75 Å². The standard InChI is InChI=1S/C65H74N14O15S2/c1-34(82)70-45-12-6-7-20-79-29-38-19-21-95-55(38)65(79)96-32-53(56(66)86)78-60(90)48(24-39-27-68-44-11-5-4-10-43(39)44)72-58(88)46(22-35-13-17-41(83)18-14-35)71-61(91)49(25-40-28-67-33-69-40)74-59(89)47(23-37-16-15-36-8-2-3-9-42(36)37)73-63(93)52(31-81)77-62(92)50(26-54(84)85)75-64(94)51(30-80)76-57(45)87/h2-5,8-11,13-14,16-19,21,27-29,33,45-53,68,80-81,83H,6-7,12,15,20,22-26,30-32H2,1H3,(H2,66,86)(H,67,69)(H,70,82)(H,71,91)(H,72,88)(H,73,93)(H,74,89)(H,75,94)(H,76,87)(H,77,92)(H,78,90)(H,84,85)/t45-,46-,47-,48-,49-,50-,51-,52-,53?/m0/s1. The molecule has 1 unspecified atom stereocenters. The van der Waals surface area contributed by atoms with Gasteiger partial charge in [0.25, 0.3) is 0 Å². The number of allylic oxidation sites excluding steroid dienone is 1. The Balaban J connectivity index is 1.08. The number of amides is 10. The molecule has 0 fully saturated rings. The average Bonchev–Trinajstić information content (AvgIpc) is 1.68. The van der Waals surface area contributed by atoms with Crippen LogP contribution in [0.1, 0.15) is 67.0 Å². The first-order chi connectivity index (χ1) is 46.1. The van der Waals surface area contributed by atoms with Gasteiger partial charge in [-0.2, -0.15) is 0 Å². The number of carboxylic acid groups (broad SMARTS) is 1. The van der Waals surface area contributed by atoms with E-state index < -0.39 is 139 Å². The maximum absolute atomic E-state index is 15.2. The summed E-state index contributed by atoms with van der Waals surface area (Å²) in [6.07, 6.45) is 7.14. The summed E-state index contributed by atoms with van der Waals surface area (Å²) in [7, 11) is 0. The first-order valence-electron chi connectivity index (χ1n) is 30.8. The number of H-pyrrole nitrogens is 2. The molecule has 2 aliphatic rings. The van der Waals surface area contributed by atoms with Gasteiger partial charge in [0.05, 0.1) is 35.7 Å². The fourth-order valence-corrected chi connectivity index (χ4v) is 13.6. The molecular formula is C65H74N14O15S2. The molecule has 29 nitrogen and oxygen atoms in total. The number of carbonyl (C=O) groups is 11. The third-order valence-corrected chi connectivity index (χ3v) is 18.6. The summed E-state index contributed by atoms with van der Waals surface area (Å²) in [5, 5.41) is 68.3. The molecular weight excluding hydrogens is 1280 g/mol. The van der Waals surface area contributed by atoms with Crippen LogP contribution >= 0.6 is 23.1 Å². The number of hydrogen-bond acceptors (Lipinski definition) is 17. The van der Waals surface area contributed by atoms with Gasteiger partial charge in [0, 0.05) is 85.5 Å². The van der Waals surface area contributed by atoms with E-state index in [2.05, 4.69) is 62.8 Å². The van der Waals surface area contributed by atoms with Gasteiger partial charge in [-0.1, -0.05) is 60.7 Å². The number of para-hydroxylation sites is 1. The predicted octanol–water partition coefficient (Wildman–Crippen LogP) is -0.0256. The van der Waals surface area contributed by atoms with Crippen molar-refractivity contribution in [2.24, 2.45) is 5.73 Å². The van der Waals surface area contributed by atoms with Gasteiger partial charge in [0.1, 0.15) is 60.1 Å². The van der Waals surface area contributed by atoms with Crippen molar-refractivity contribution in [3.05, 3.63) is 143 Å². The van der Waals surface area contributed by atoms with Crippen molar-refractivity contribution in [2.45, 2.75) is 131 Å². The maximum Gasteiger partial charge on any atom is 0.305 e. The molecule has 0 bridgehead atoms. The number of rotatable bonds is 14. The lowest BCUT2D eigenvalue weighted by Crippen LogP contribution is -2.61. The molecule has 1 aliphatic heterocycles. The number of primary amides is 1. The lowest BCUT2D eigenvalue weighted by molar-refractivity contribution is -0.142. The fraction of sp³-hybridized carbons (Fsp3) is 0.354. The van der Waals surface area contributed by atoms with Gasteiger partial charge in [0.2, 0.25) is 59.1 Å². The number of aliphatic carboxylic acids is 1. The molecule has 506 valence electrons. The minimum atomic E-state index is -2.01. The number of fused-ring (bicyclic) bond motifs is 5. The zero-order chi connectivity index (χ0) is 68.6. The number of carbonyl (C=O) groups excluding carboxylic acids is 10. The van der Waals surface area contributed by atoms with E-state index in [9.17, 15) is 58.8 Å². The van der Waals surface area contributed by atoms with Crippen molar-refractivity contribution in [2.75, 3.05) is 19.0 Å². The highest BCUT2D eigenvalue weighted by atomic mass is 32.2. The number of phenols is 1. The number of phenolic OH excluding ortho intramolecular Hbond substituents is 1. The summed E-state index contributed by atoms with van der Waals surface area (Å²) in [5.41, 5.74) is 10.3. The van der Waals surface area contributed by atoms with Crippen molar-refractivity contribution in [1.29, 1.82) is 0 Å². The van der Waals surface area contributed by atoms with E-state index in [0.29, 0.717) is 57.7 Å². The molecule has 0 radical (unpaired) electrons. The lowest BCUT2D eigenvalue weighted by Gasteiger charge is -2.28. The number of aryl methyl sites for hydroxylation is 1. The van der Waals surface area contributed by atoms with E-state index in [0.717, 1.165) is 21.2 Å². The van der Waals surface area contributed by atoms with Crippen molar-refractivity contribution in [1.82, 2.24) is 67.4 Å². The van der Waals surface area contributed by atoms with Crippen LogP contribution in [0.4, 0.5) is 0 Å². The number of aromatic hydroxyl groups is 1. The highest BCUT2D eigenvalue weighted by Crippen LogP contribution is 2.35. The number of nitrogens with one attached hydrogen (secondary N) is 11. The van der Waals surface area contributed by atoms with Crippen molar-refractivity contribution >= 4 is 115 Å². The Labute approximate surface area is 557 Å². The number of aromatic amines is 2. The Hall–Kier alpha value is -10.4. The van der Waals surface area contributed by atoms with Crippen LogP contribution in [0.25, 0.3) is 26.6 Å². The van der Waals surface area contributed by atoms with Crippen molar-refractivity contribution < 1.29 is 73.2 Å². The molecule has 31 heteroatoms. The number of imidazole rings is 1. The second kappa shape index (κ2) is 32.7. The van der Waals surface area contributed by atoms with Gasteiger partial charge in [-0.15, -0.1) is 23.1 Å². The van der Waals surface area contributed by atoms with E-state index >= 15 is 14.4 Å². The molecule has 96 heavy (non-hydrogen) atoms. The van der Waals surface area contributed by atoms with E-state index in [4.69, 9.17) is 5.73 Å². The van der Waals surface area contributed by atoms with Crippen LogP contribution in [0.15, 0.2) is 120 Å². The summed E-state index contributed by atoms with van der Waals surface area (Å²) >= 11 is 2.65. The summed E-state index contributed by atoms with van der Waals surface area (Å²) in [4.78, 5) is 165. The first-order valence-corrected chi connectivity index (χ1v) is 32.7. The topological polar surface area (TPSA) is 452 Å². The van der Waals surface area contributed by atoms with Crippen LogP contribution in [0.5, 0.6) is 5.75 Å². The van der Waals surface area contributed by atoms with E-state index in [-0.39, 0.29) is 50.0 Å². The average molecular weight is 1360 g/mol. The third-order valence-electron chi connectivity index (χ3n) is 16.3. The van der Waals surface area contributed by atoms with Crippen LogP contribution in [0.3, 0.4) is 0 Å². The van der Waals surface area contributed by atoms with E-state index in [1.807, 2.05) is 58.6 Å². The number of nitrogens with two attached hydrogens (primary N) is 1. The van der Waals surface area contributed by atoms with E-state index in [1.165, 1.54) is 66.8 Å². The Bertz CT molecular complexity index is 4040. The van der Waals surface area contributed by atoms with Crippen LogP contribution in [0, 0.1) is 0 Å². The number of aliphatic hydroxyl groups excluding tert-OH is 2. The van der Waals surface area contributed by atoms with Gasteiger partial charge in [-0.05, 0) is 83.2 Å². The Kier molecular flexibility index (Phi) is 23.8. The number of aliphatic hydroxyl groups is 2. The fourth-order valence-electron chi connectivity index (χ4n) is 11.3. The minimum Gasteiger partial charge on any atom is -0.508 e. The van der Waals surface area contributed by atoms with Gasteiger partial charge < -0.3 is 88.5 Å². The van der Waals surface area contributed by atoms with Gasteiger partial charge in [0.15, 0.2) is 0 Å². The summed E-state index contributed by atoms with van der Waals surface area (Å²) in [5.74, 6) is -11.7. The monoisotopic (exact) mass is 1350 g/mol. The molecule has 1 aliphatic carbocycles. The summed E-state index contributed by atoms with van der Waals surface area (Å²) in [6, 6.07) is 7.53. The quantitative estimate of drug-likeness (QED) is 0.0680. The molecule has 0 saturated carbocycles. The lowest BCUT2D eigenvalue weighted by atomic mass is 9.98. The molecule has 0 spiro atoms. The van der Waals surface area contributed by atoms with E-state index in [1.54, 1.807) is 24.4 Å². The largest absolute Gasteiger partial charge is 0.508 e. The number of thioether (sulfide) groups is 1. The molecule has 17 N–H and O–H groups in total. The molecule has 0 saturated heterocycles. The predicted molar refractivity (Wildman–Crippen MR) is 352 cm³/mol. The summed E-state index contributed by atoms with van der Waals surface area (Å²) in [6.45, 7) is -0.724. The Morgan fingerprint density at radius 1 is 0.667 bits per heavy atom. The minimum absolute atomic E-state index is 0.00703. The highest BCUT2D eigenvalue weighted by molar-refractivity contribution is 7.99. The zero-order valence-corrected chi connectivity index (χ0v) is 53.6. The number of thiophene rings is 1. The van der Waals surface area contributed by atoms with Crippen LogP contribution in [0.2, 0.25) is 0 Å². The SMILES string of the molecule is CC(=O)N[C@H]1CCCCn2cc3ccsc3c2SCC(C(N)=O)NC(=O)[C@H](Cc2c[nH]c3ccccc23)NC(=O)[C@H](Cc2ccc(O)cc2)NC(=O)[C@H](Cc2cnc[nH]2)NC(=O)[C@H](CC2=CCc3ccccc32)NC(=O)[C@H](CO)NC(=O)[C@H](CC(=O)O)NC(=O)[C@H](CO)NC1=O. The Morgan fingerprint density at radius 2 is 1.26 bits per heavy atom. The number of hydrogen-bond donors (Lipinski definition) is 16.